The molecule has 4 atom stereocenters. The maximum atomic E-state index is 13.4. The number of amides is 4. The molecule has 214 valence electrons. The number of fused-ring (bicyclic) bond motifs is 2. The van der Waals surface area contributed by atoms with E-state index in [1.807, 2.05) is 4.90 Å². The summed E-state index contributed by atoms with van der Waals surface area (Å²) in [5.74, 6) is -3.62. The molecule has 2 heterocycles. The number of carboxylic acids is 1. The van der Waals surface area contributed by atoms with Crippen molar-refractivity contribution in [2.45, 2.75) is 88.9 Å². The lowest BCUT2D eigenvalue weighted by Crippen LogP contribution is -2.55. The predicted molar refractivity (Wildman–Crippen MR) is 140 cm³/mol. The maximum absolute atomic E-state index is 13.4. The van der Waals surface area contributed by atoms with Crippen LogP contribution < -0.4 is 32.7 Å². The molecule has 0 spiro atoms. The van der Waals surface area contributed by atoms with E-state index in [0.29, 0.717) is 25.9 Å². The summed E-state index contributed by atoms with van der Waals surface area (Å²) in [5, 5.41) is 19.7. The van der Waals surface area contributed by atoms with Crippen molar-refractivity contribution in [1.29, 1.82) is 0 Å². The fourth-order valence-electron chi connectivity index (χ4n) is 4.71. The largest absolute Gasteiger partial charge is 0.481 e. The van der Waals surface area contributed by atoms with E-state index in [1.54, 1.807) is 0 Å². The van der Waals surface area contributed by atoms with E-state index < -0.39 is 60.8 Å². The summed E-state index contributed by atoms with van der Waals surface area (Å²) in [4.78, 5) is 68.8. The number of nitrogens with two attached hydrogens (primary N) is 2. The van der Waals surface area contributed by atoms with E-state index in [4.69, 9.17) is 11.5 Å². The normalized spacial score (nSPS) is 25.0. The molecule has 0 aromatic heterocycles. The van der Waals surface area contributed by atoms with Gasteiger partial charge >= 0.3 is 5.97 Å². The fraction of sp³-hybridized carbons (Fsp3) is 0.750. The fourth-order valence-corrected chi connectivity index (χ4v) is 4.71. The molecule has 2 bridgehead atoms. The maximum Gasteiger partial charge on any atom is 0.305 e. The standard InChI is InChI=1S/C24H42N8O6/c1-2-3-4-5-6-10-32-14-15-11-18(32)23(38)31-16(8-7-9-27-24(25)26)21(36)28-13-19(33)30-17(12-20(34)35)22(37)29-15/h15-18H,2-14H2,1H3,(H,28,36)(H,29,37)(H,30,33)(H,31,38)(H,34,35)(H4,25,26,27)/t15-,16-,17-,18-/m0/s1. The van der Waals surface area contributed by atoms with Crippen molar-refractivity contribution >= 4 is 35.6 Å². The number of hydrogen-bond donors (Lipinski definition) is 7. The third-order valence-electron chi connectivity index (χ3n) is 6.63. The summed E-state index contributed by atoms with van der Waals surface area (Å²) in [6.07, 6.45) is 5.56. The Hall–Kier alpha value is -3.42. The van der Waals surface area contributed by atoms with E-state index in [-0.39, 0.29) is 24.8 Å². The lowest BCUT2D eigenvalue weighted by Gasteiger charge is -2.26. The molecule has 14 heteroatoms. The minimum atomic E-state index is -1.31. The summed E-state index contributed by atoms with van der Waals surface area (Å²) in [6, 6.07) is -3.23. The number of carbonyl (C=O) groups excluding carboxylic acids is 4. The second-order valence-corrected chi connectivity index (χ2v) is 9.81. The highest BCUT2D eigenvalue weighted by Gasteiger charge is 2.39. The number of rotatable bonds is 12. The van der Waals surface area contributed by atoms with Crippen LogP contribution >= 0.6 is 0 Å². The molecule has 0 aromatic carbocycles. The first-order valence-electron chi connectivity index (χ1n) is 13.3. The second-order valence-electron chi connectivity index (χ2n) is 9.81. The number of aliphatic carboxylic acids is 1. The van der Waals surface area contributed by atoms with Gasteiger partial charge in [-0.1, -0.05) is 32.6 Å². The van der Waals surface area contributed by atoms with Gasteiger partial charge in [-0.15, -0.1) is 0 Å². The van der Waals surface area contributed by atoms with Crippen LogP contribution in [0.2, 0.25) is 0 Å². The van der Waals surface area contributed by atoms with E-state index in [1.165, 1.54) is 0 Å². The van der Waals surface area contributed by atoms with Crippen molar-refractivity contribution in [2.75, 3.05) is 26.2 Å². The molecule has 0 aliphatic carbocycles. The number of nitrogens with one attached hydrogen (secondary N) is 4. The van der Waals surface area contributed by atoms with Crippen molar-refractivity contribution in [2.24, 2.45) is 16.5 Å². The number of aliphatic imine (C=N–C) groups is 1. The Balaban J connectivity index is 2.23. The molecular weight excluding hydrogens is 496 g/mol. The van der Waals surface area contributed by atoms with Crippen LogP contribution in [0.1, 0.15) is 64.7 Å². The Bertz CT molecular complexity index is 878. The number of unbranched alkanes of at least 4 members (excludes halogenated alkanes) is 4. The summed E-state index contributed by atoms with van der Waals surface area (Å²) >= 11 is 0. The highest BCUT2D eigenvalue weighted by atomic mass is 16.4. The van der Waals surface area contributed by atoms with Gasteiger partial charge in [0.1, 0.15) is 12.1 Å². The minimum Gasteiger partial charge on any atom is -0.481 e. The Morgan fingerprint density at radius 2 is 1.71 bits per heavy atom. The van der Waals surface area contributed by atoms with Crippen LogP contribution in [-0.4, -0.2) is 95.9 Å². The van der Waals surface area contributed by atoms with Crippen molar-refractivity contribution < 1.29 is 29.1 Å². The van der Waals surface area contributed by atoms with Crippen LogP contribution in [0.4, 0.5) is 0 Å². The van der Waals surface area contributed by atoms with Crippen molar-refractivity contribution in [1.82, 2.24) is 26.2 Å². The molecule has 2 saturated heterocycles. The molecule has 2 aliphatic heterocycles. The molecule has 0 aromatic rings. The van der Waals surface area contributed by atoms with Gasteiger partial charge in [-0.05, 0) is 32.2 Å². The van der Waals surface area contributed by atoms with E-state index in [0.717, 1.165) is 32.1 Å². The lowest BCUT2D eigenvalue weighted by atomic mass is 10.1. The average Bonchev–Trinajstić information content (AvgIpc) is 3.25. The summed E-state index contributed by atoms with van der Waals surface area (Å²) in [6.45, 7) is 2.95. The third-order valence-corrected chi connectivity index (χ3v) is 6.63. The SMILES string of the molecule is CCCCCCCN1C[C@@H]2C[C@H]1C(=O)N[C@@H](CCCN=C(N)N)C(=O)NCC(=O)N[C@@H](CC(=O)O)C(=O)N2. The smallest absolute Gasteiger partial charge is 0.305 e. The Kier molecular flexibility index (Phi) is 12.8. The van der Waals surface area contributed by atoms with Crippen molar-refractivity contribution in [3.8, 4) is 0 Å². The topological polar surface area (TPSA) is 221 Å². The van der Waals surface area contributed by atoms with Crippen LogP contribution in [0.15, 0.2) is 4.99 Å². The summed E-state index contributed by atoms with van der Waals surface area (Å²) in [5.41, 5.74) is 10.7. The Labute approximate surface area is 222 Å². The molecule has 0 radical (unpaired) electrons. The van der Waals surface area contributed by atoms with Gasteiger partial charge in [0.25, 0.3) is 0 Å². The molecule has 38 heavy (non-hydrogen) atoms. The van der Waals surface area contributed by atoms with Crippen LogP contribution in [0.25, 0.3) is 0 Å². The molecule has 4 amide bonds. The molecule has 2 rings (SSSR count). The van der Waals surface area contributed by atoms with Gasteiger partial charge < -0.3 is 37.8 Å². The zero-order chi connectivity index (χ0) is 28.1. The number of carbonyl (C=O) groups is 5. The van der Waals surface area contributed by atoms with E-state index >= 15 is 0 Å². The van der Waals surface area contributed by atoms with Gasteiger partial charge in [0.2, 0.25) is 23.6 Å². The van der Waals surface area contributed by atoms with E-state index in [9.17, 15) is 29.1 Å². The van der Waals surface area contributed by atoms with Gasteiger partial charge in [0.05, 0.1) is 19.0 Å². The number of guanidine groups is 1. The highest BCUT2D eigenvalue weighted by molar-refractivity contribution is 5.94. The number of likely N-dealkylation sites (tertiary alicyclic amines) is 1. The monoisotopic (exact) mass is 538 g/mol. The average molecular weight is 539 g/mol. The molecular formula is C24H42N8O6. The minimum absolute atomic E-state index is 0.0781. The third kappa shape index (κ3) is 10.5. The molecule has 0 saturated carbocycles. The molecule has 2 aliphatic rings. The predicted octanol–water partition coefficient (Wildman–Crippen LogP) is -1.86. The highest BCUT2D eigenvalue weighted by Crippen LogP contribution is 2.20. The van der Waals surface area contributed by atoms with E-state index in [2.05, 4.69) is 33.2 Å². The Morgan fingerprint density at radius 3 is 2.39 bits per heavy atom. The number of hydrogen-bond acceptors (Lipinski definition) is 7. The van der Waals surface area contributed by atoms with Gasteiger partial charge in [-0.25, -0.2) is 0 Å². The second kappa shape index (κ2) is 15.7. The number of nitrogens with zero attached hydrogens (tertiary/aromatic N) is 2. The number of carboxylic acid groups (broad SMARTS) is 1. The first-order valence-corrected chi connectivity index (χ1v) is 13.3. The quantitative estimate of drug-likeness (QED) is 0.0840. The zero-order valence-corrected chi connectivity index (χ0v) is 22.0. The lowest BCUT2D eigenvalue weighted by molar-refractivity contribution is -0.141. The van der Waals surface area contributed by atoms with Gasteiger partial charge in [0.15, 0.2) is 5.96 Å². The first-order chi connectivity index (χ1) is 18.1. The van der Waals surface area contributed by atoms with Gasteiger partial charge in [-0.2, -0.15) is 0 Å². The molecule has 0 unspecified atom stereocenters. The molecule has 14 nitrogen and oxygen atoms in total. The summed E-state index contributed by atoms with van der Waals surface area (Å²) < 4.78 is 0. The van der Waals surface area contributed by atoms with Crippen molar-refractivity contribution in [3.05, 3.63) is 0 Å². The van der Waals surface area contributed by atoms with Crippen LogP contribution in [0.3, 0.4) is 0 Å². The molecule has 9 N–H and O–H groups in total. The van der Waals surface area contributed by atoms with Crippen LogP contribution in [-0.2, 0) is 24.0 Å². The first kappa shape index (κ1) is 30.8. The Morgan fingerprint density at radius 1 is 0.974 bits per heavy atom. The molecule has 2 fully saturated rings. The van der Waals surface area contributed by atoms with Gasteiger partial charge in [-0.3, -0.25) is 33.9 Å². The van der Waals surface area contributed by atoms with Crippen LogP contribution in [0, 0.1) is 0 Å². The summed E-state index contributed by atoms with van der Waals surface area (Å²) in [7, 11) is 0. The van der Waals surface area contributed by atoms with Crippen LogP contribution in [0.5, 0.6) is 0 Å². The van der Waals surface area contributed by atoms with Crippen molar-refractivity contribution in [3.63, 3.8) is 0 Å². The zero-order valence-electron chi connectivity index (χ0n) is 22.0. The van der Waals surface area contributed by atoms with Gasteiger partial charge in [0, 0.05) is 19.1 Å².